The lowest BCUT2D eigenvalue weighted by molar-refractivity contribution is -0.567. The third-order valence-corrected chi connectivity index (χ3v) is 7.89. The van der Waals surface area contributed by atoms with E-state index in [0.29, 0.717) is 33.9 Å². The largest absolute Gasteiger partial charge is 0.496 e. The minimum Gasteiger partial charge on any atom is -0.496 e. The van der Waals surface area contributed by atoms with Crippen molar-refractivity contribution in [3.05, 3.63) is 140 Å². The minimum atomic E-state index is -1.83. The van der Waals surface area contributed by atoms with E-state index in [-0.39, 0.29) is 29.3 Å². The van der Waals surface area contributed by atoms with Crippen LogP contribution in [0.2, 0.25) is 0 Å². The number of ketones is 1. The van der Waals surface area contributed by atoms with Crippen LogP contribution >= 0.6 is 0 Å². The first kappa shape index (κ1) is 28.6. The SMILES string of the molecule is COc1cc(OC)c2c(c1)O/C(=C\c1ccc(C)cc1)[C@](CCC(=O)c1ccccc1)([N+](=O)[O-])[C@@H]2c1ccc(C)cc1. The van der Waals surface area contributed by atoms with Crippen LogP contribution in [0.25, 0.3) is 6.08 Å². The first-order chi connectivity index (χ1) is 20.3. The van der Waals surface area contributed by atoms with E-state index in [1.807, 2.05) is 68.4 Å². The number of nitrogens with zero attached hydrogens (tertiary/aromatic N) is 1. The number of benzene rings is 4. The topological polar surface area (TPSA) is 87.9 Å². The van der Waals surface area contributed by atoms with Gasteiger partial charge in [-0.3, -0.25) is 14.9 Å². The normalized spacial score (nSPS) is 18.6. The highest BCUT2D eigenvalue weighted by Crippen LogP contribution is 2.56. The maximum atomic E-state index is 13.6. The fourth-order valence-corrected chi connectivity index (χ4v) is 5.62. The van der Waals surface area contributed by atoms with Crippen LogP contribution in [0.5, 0.6) is 17.2 Å². The van der Waals surface area contributed by atoms with Crippen LogP contribution in [0.3, 0.4) is 0 Å². The van der Waals surface area contributed by atoms with Crippen LogP contribution < -0.4 is 14.2 Å². The smallest absolute Gasteiger partial charge is 0.290 e. The Balaban J connectivity index is 1.79. The van der Waals surface area contributed by atoms with Gasteiger partial charge in [-0.15, -0.1) is 0 Å². The van der Waals surface area contributed by atoms with Crippen LogP contribution in [0.15, 0.2) is 96.8 Å². The van der Waals surface area contributed by atoms with E-state index in [9.17, 15) is 14.9 Å². The fourth-order valence-electron chi connectivity index (χ4n) is 5.62. The molecule has 1 aliphatic rings. The van der Waals surface area contributed by atoms with Gasteiger partial charge in [0.1, 0.15) is 17.2 Å². The molecule has 0 fully saturated rings. The van der Waals surface area contributed by atoms with Crippen molar-refractivity contribution < 1.29 is 23.9 Å². The Hall–Kier alpha value is -4.91. The average molecular weight is 564 g/mol. The molecule has 0 N–H and O–H groups in total. The summed E-state index contributed by atoms with van der Waals surface area (Å²) in [6.07, 6.45) is 1.56. The van der Waals surface area contributed by atoms with E-state index < -0.39 is 11.5 Å². The predicted octanol–water partition coefficient (Wildman–Crippen LogP) is 7.56. The van der Waals surface area contributed by atoms with Crippen LogP contribution in [-0.4, -0.2) is 30.5 Å². The molecule has 0 unspecified atom stereocenters. The zero-order valence-corrected chi connectivity index (χ0v) is 24.1. The van der Waals surface area contributed by atoms with Crippen molar-refractivity contribution in [2.24, 2.45) is 0 Å². The summed E-state index contributed by atoms with van der Waals surface area (Å²) in [6, 6.07) is 27.6. The van der Waals surface area contributed by atoms with Crippen molar-refractivity contribution in [2.45, 2.75) is 38.1 Å². The molecule has 0 radical (unpaired) electrons. The van der Waals surface area contributed by atoms with Crippen LogP contribution in [0, 0.1) is 24.0 Å². The molecule has 2 atom stereocenters. The van der Waals surface area contributed by atoms with Crippen molar-refractivity contribution in [1.82, 2.24) is 0 Å². The number of hydrogen-bond donors (Lipinski definition) is 0. The maximum Gasteiger partial charge on any atom is 0.290 e. The Bertz CT molecular complexity index is 1630. The standard InChI is InChI=1S/C35H33NO6/c1-23-10-14-25(15-11-23)20-32-35(36(38)39,19-18-29(37)26-8-6-5-7-9-26)34(27-16-12-24(2)13-17-27)33-30(41-4)21-28(40-3)22-31(33)42-32/h5-17,20-22,34H,18-19H2,1-4H3/b32-20-/t34-,35+/m1/s1. The number of carbonyl (C=O) groups excluding carboxylic acids is 1. The van der Waals surface area contributed by atoms with E-state index in [4.69, 9.17) is 14.2 Å². The van der Waals surface area contributed by atoms with Crippen molar-refractivity contribution >= 4 is 11.9 Å². The van der Waals surface area contributed by atoms with Gasteiger partial charge in [-0.1, -0.05) is 90.0 Å². The molecule has 0 aliphatic carbocycles. The fraction of sp³-hybridized carbons (Fsp3) is 0.229. The highest BCUT2D eigenvalue weighted by molar-refractivity contribution is 5.96. The van der Waals surface area contributed by atoms with Gasteiger partial charge in [0.15, 0.2) is 11.5 Å². The number of carbonyl (C=O) groups is 1. The molecular weight excluding hydrogens is 530 g/mol. The van der Waals surface area contributed by atoms with Crippen molar-refractivity contribution in [3.63, 3.8) is 0 Å². The van der Waals surface area contributed by atoms with Gasteiger partial charge in [0.25, 0.3) is 5.54 Å². The third-order valence-electron chi connectivity index (χ3n) is 7.89. The monoisotopic (exact) mass is 563 g/mol. The molecule has 0 aromatic heterocycles. The predicted molar refractivity (Wildman–Crippen MR) is 162 cm³/mol. The third kappa shape index (κ3) is 5.38. The molecule has 0 saturated carbocycles. The molecule has 7 heteroatoms. The summed E-state index contributed by atoms with van der Waals surface area (Å²) in [6.45, 7) is 3.95. The quantitative estimate of drug-likeness (QED) is 0.119. The Morgan fingerprint density at radius 2 is 1.57 bits per heavy atom. The summed E-state index contributed by atoms with van der Waals surface area (Å²) in [5, 5.41) is 13.6. The molecule has 0 spiro atoms. The lowest BCUT2D eigenvalue weighted by Crippen LogP contribution is -2.51. The second kappa shape index (κ2) is 11.9. The van der Waals surface area contributed by atoms with Gasteiger partial charge in [-0.25, -0.2) is 0 Å². The molecule has 5 rings (SSSR count). The molecule has 1 aliphatic heterocycles. The number of Topliss-reactive ketones (excluding diaryl/α,β-unsaturated/α-hetero) is 1. The lowest BCUT2D eigenvalue weighted by Gasteiger charge is -2.40. The Labute approximate surface area is 245 Å². The molecule has 1 heterocycles. The number of methoxy groups -OCH3 is 2. The Morgan fingerprint density at radius 1 is 0.929 bits per heavy atom. The molecular formula is C35H33NO6. The van der Waals surface area contributed by atoms with E-state index in [0.717, 1.165) is 16.7 Å². The zero-order chi connectivity index (χ0) is 29.9. The minimum absolute atomic E-state index is 0.0598. The van der Waals surface area contributed by atoms with Gasteiger partial charge in [-0.2, -0.15) is 0 Å². The van der Waals surface area contributed by atoms with Gasteiger partial charge >= 0.3 is 0 Å². The molecule has 7 nitrogen and oxygen atoms in total. The van der Waals surface area contributed by atoms with Crippen molar-refractivity contribution in [2.75, 3.05) is 14.2 Å². The van der Waals surface area contributed by atoms with Crippen molar-refractivity contribution in [1.29, 1.82) is 0 Å². The lowest BCUT2D eigenvalue weighted by atomic mass is 9.68. The number of ether oxygens (including phenoxy) is 3. The molecule has 214 valence electrons. The molecule has 42 heavy (non-hydrogen) atoms. The summed E-state index contributed by atoms with van der Waals surface area (Å²) in [5.74, 6) is 0.438. The van der Waals surface area contributed by atoms with Crippen LogP contribution in [0.1, 0.15) is 56.9 Å². The van der Waals surface area contributed by atoms with Crippen LogP contribution in [-0.2, 0) is 0 Å². The van der Waals surface area contributed by atoms with Gasteiger partial charge in [0, 0.05) is 35.5 Å². The molecule has 4 aromatic carbocycles. The van der Waals surface area contributed by atoms with E-state index in [2.05, 4.69) is 0 Å². The summed E-state index contributed by atoms with van der Waals surface area (Å²) in [5.41, 5.74) is 2.75. The first-order valence-electron chi connectivity index (χ1n) is 13.8. The summed E-state index contributed by atoms with van der Waals surface area (Å²) in [7, 11) is 3.06. The van der Waals surface area contributed by atoms with Gasteiger partial charge in [0.2, 0.25) is 0 Å². The Kier molecular flexibility index (Phi) is 8.11. The molecule has 0 amide bonds. The second-order valence-corrected chi connectivity index (χ2v) is 10.6. The summed E-state index contributed by atoms with van der Waals surface area (Å²) < 4.78 is 17.8. The first-order valence-corrected chi connectivity index (χ1v) is 13.8. The number of hydrogen-bond acceptors (Lipinski definition) is 6. The average Bonchev–Trinajstić information content (AvgIpc) is 3.01. The van der Waals surface area contributed by atoms with Crippen molar-refractivity contribution in [3.8, 4) is 17.2 Å². The number of fused-ring (bicyclic) bond motifs is 1. The highest BCUT2D eigenvalue weighted by atomic mass is 16.6. The van der Waals surface area contributed by atoms with E-state index in [1.165, 1.54) is 7.11 Å². The van der Waals surface area contributed by atoms with Gasteiger partial charge in [-0.05, 0) is 31.1 Å². The molecule has 0 bridgehead atoms. The number of aryl methyl sites for hydroxylation is 2. The van der Waals surface area contributed by atoms with Gasteiger partial charge < -0.3 is 14.2 Å². The van der Waals surface area contributed by atoms with E-state index in [1.54, 1.807) is 49.6 Å². The zero-order valence-electron chi connectivity index (χ0n) is 24.1. The summed E-state index contributed by atoms with van der Waals surface area (Å²) in [4.78, 5) is 26.7. The van der Waals surface area contributed by atoms with Gasteiger partial charge in [0.05, 0.1) is 25.7 Å². The second-order valence-electron chi connectivity index (χ2n) is 10.6. The maximum absolute atomic E-state index is 13.6. The van der Waals surface area contributed by atoms with E-state index >= 15 is 0 Å². The number of rotatable bonds is 9. The van der Waals surface area contributed by atoms with Crippen LogP contribution in [0.4, 0.5) is 0 Å². The highest BCUT2D eigenvalue weighted by Gasteiger charge is 2.60. The number of nitro groups is 1. The molecule has 4 aromatic rings. The Morgan fingerprint density at radius 3 is 2.17 bits per heavy atom. The summed E-state index contributed by atoms with van der Waals surface area (Å²) >= 11 is 0. The molecule has 0 saturated heterocycles.